The average Bonchev–Trinajstić information content (AvgIpc) is 2.88. The van der Waals surface area contributed by atoms with Gasteiger partial charge in [0.1, 0.15) is 5.75 Å². The van der Waals surface area contributed by atoms with Crippen molar-refractivity contribution in [2.75, 3.05) is 6.61 Å². The first-order valence-electron chi connectivity index (χ1n) is 10.7. The van der Waals surface area contributed by atoms with Gasteiger partial charge in [-0.3, -0.25) is 14.4 Å². The summed E-state index contributed by atoms with van der Waals surface area (Å²) in [6.45, 7) is 2.13. The van der Waals surface area contributed by atoms with E-state index in [9.17, 15) is 14.4 Å². The van der Waals surface area contributed by atoms with Crippen molar-refractivity contribution in [2.24, 2.45) is 5.10 Å². The van der Waals surface area contributed by atoms with Crippen LogP contribution in [0.3, 0.4) is 0 Å². The molecule has 0 saturated heterocycles. The number of hydrazone groups is 1. The molecule has 3 amide bonds. The predicted molar refractivity (Wildman–Crippen MR) is 129 cm³/mol. The highest BCUT2D eigenvalue weighted by atomic mass is 16.5. The average molecular weight is 459 g/mol. The highest BCUT2D eigenvalue weighted by Crippen LogP contribution is 2.12. The van der Waals surface area contributed by atoms with Gasteiger partial charge in [0.25, 0.3) is 5.91 Å². The van der Waals surface area contributed by atoms with E-state index >= 15 is 0 Å². The number of benzene rings is 3. The molecule has 3 aromatic carbocycles. The van der Waals surface area contributed by atoms with E-state index in [1.54, 1.807) is 31.2 Å². The highest BCUT2D eigenvalue weighted by Gasteiger charge is 2.16. The summed E-state index contributed by atoms with van der Waals surface area (Å²) < 4.78 is 5.48. The SMILES string of the molecule is C[C@H](NC(=O)C(=O)N/N=C\c1ccc(OCC(=O)NCc2ccccc2)cc1)c1ccccc1. The van der Waals surface area contributed by atoms with Gasteiger partial charge in [-0.15, -0.1) is 0 Å². The first kappa shape index (κ1) is 24.2. The van der Waals surface area contributed by atoms with Crippen molar-refractivity contribution >= 4 is 23.9 Å². The van der Waals surface area contributed by atoms with Crippen molar-refractivity contribution < 1.29 is 19.1 Å². The van der Waals surface area contributed by atoms with Crippen LogP contribution in [0.25, 0.3) is 0 Å². The van der Waals surface area contributed by atoms with Gasteiger partial charge in [0.05, 0.1) is 12.3 Å². The molecule has 0 radical (unpaired) electrons. The van der Waals surface area contributed by atoms with Crippen molar-refractivity contribution in [3.63, 3.8) is 0 Å². The third-order valence-electron chi connectivity index (χ3n) is 4.82. The lowest BCUT2D eigenvalue weighted by molar-refractivity contribution is -0.139. The molecule has 0 aromatic heterocycles. The number of nitrogens with one attached hydrogen (secondary N) is 3. The van der Waals surface area contributed by atoms with Gasteiger partial charge in [0.2, 0.25) is 0 Å². The summed E-state index contributed by atoms with van der Waals surface area (Å²) in [4.78, 5) is 35.9. The fraction of sp³-hybridized carbons (Fsp3) is 0.154. The lowest BCUT2D eigenvalue weighted by Gasteiger charge is -2.13. The zero-order chi connectivity index (χ0) is 24.2. The van der Waals surface area contributed by atoms with E-state index in [0.717, 1.165) is 11.1 Å². The predicted octanol–water partition coefficient (Wildman–Crippen LogP) is 2.71. The highest BCUT2D eigenvalue weighted by molar-refractivity contribution is 6.35. The molecule has 1 atom stereocenters. The van der Waals surface area contributed by atoms with Crippen LogP contribution < -0.4 is 20.8 Å². The number of carbonyl (C=O) groups is 3. The molecule has 0 aliphatic rings. The van der Waals surface area contributed by atoms with Crippen LogP contribution in [0.15, 0.2) is 90.0 Å². The molecule has 3 aromatic rings. The van der Waals surface area contributed by atoms with Crippen molar-refractivity contribution in [3.8, 4) is 5.75 Å². The molecule has 3 rings (SSSR count). The summed E-state index contributed by atoms with van der Waals surface area (Å²) in [5.41, 5.74) is 4.78. The van der Waals surface area contributed by atoms with Crippen LogP contribution in [0.2, 0.25) is 0 Å². The molecular weight excluding hydrogens is 432 g/mol. The van der Waals surface area contributed by atoms with Crippen molar-refractivity contribution in [1.29, 1.82) is 0 Å². The number of hydrogen-bond acceptors (Lipinski definition) is 5. The third kappa shape index (κ3) is 7.90. The van der Waals surface area contributed by atoms with Gasteiger partial charge >= 0.3 is 11.8 Å². The minimum atomic E-state index is -0.861. The Labute approximate surface area is 198 Å². The minimum absolute atomic E-state index is 0.104. The van der Waals surface area contributed by atoms with E-state index in [1.165, 1.54) is 6.21 Å². The number of nitrogens with zero attached hydrogens (tertiary/aromatic N) is 1. The largest absolute Gasteiger partial charge is 0.484 e. The van der Waals surface area contributed by atoms with Crippen molar-refractivity contribution in [2.45, 2.75) is 19.5 Å². The summed E-state index contributed by atoms with van der Waals surface area (Å²) in [5.74, 6) is -1.34. The van der Waals surface area contributed by atoms with Gasteiger partial charge in [0, 0.05) is 6.54 Å². The summed E-state index contributed by atoms with van der Waals surface area (Å²) in [7, 11) is 0. The van der Waals surface area contributed by atoms with Crippen LogP contribution in [0.1, 0.15) is 29.7 Å². The zero-order valence-electron chi connectivity index (χ0n) is 18.7. The Balaban J connectivity index is 1.38. The quantitative estimate of drug-likeness (QED) is 0.260. The maximum Gasteiger partial charge on any atom is 0.329 e. The number of carbonyl (C=O) groups excluding carboxylic acids is 3. The molecule has 0 spiro atoms. The lowest BCUT2D eigenvalue weighted by atomic mass is 10.1. The van der Waals surface area contributed by atoms with E-state index in [1.807, 2.05) is 60.7 Å². The zero-order valence-corrected chi connectivity index (χ0v) is 18.7. The topological polar surface area (TPSA) is 109 Å². The Morgan fingerprint density at radius 2 is 1.53 bits per heavy atom. The van der Waals surface area contributed by atoms with Gasteiger partial charge in [-0.25, -0.2) is 5.43 Å². The molecule has 0 aliphatic heterocycles. The number of hydrogen-bond donors (Lipinski definition) is 3. The normalized spacial score (nSPS) is 11.4. The molecule has 8 heteroatoms. The third-order valence-corrected chi connectivity index (χ3v) is 4.82. The second-order valence-corrected chi connectivity index (χ2v) is 7.42. The molecule has 34 heavy (non-hydrogen) atoms. The van der Waals surface area contributed by atoms with E-state index in [4.69, 9.17) is 4.74 Å². The Bertz CT molecular complexity index is 1120. The molecule has 0 saturated carbocycles. The summed E-state index contributed by atoms with van der Waals surface area (Å²) in [6.07, 6.45) is 1.40. The first-order chi connectivity index (χ1) is 16.5. The monoisotopic (exact) mass is 458 g/mol. The van der Waals surface area contributed by atoms with Crippen LogP contribution >= 0.6 is 0 Å². The second-order valence-electron chi connectivity index (χ2n) is 7.42. The molecule has 0 bridgehead atoms. The summed E-state index contributed by atoms with van der Waals surface area (Å²) in [6, 6.07) is 25.4. The van der Waals surface area contributed by atoms with Gasteiger partial charge in [-0.1, -0.05) is 60.7 Å². The van der Waals surface area contributed by atoms with Crippen molar-refractivity contribution in [3.05, 3.63) is 102 Å². The van der Waals surface area contributed by atoms with E-state index in [2.05, 4.69) is 21.2 Å². The van der Waals surface area contributed by atoms with Crippen LogP contribution in [0, 0.1) is 0 Å². The maximum atomic E-state index is 12.0. The standard InChI is InChI=1S/C26H26N4O4/c1-19(22-10-6-3-7-11-22)29-25(32)26(33)30-28-17-21-12-14-23(15-13-21)34-18-24(31)27-16-20-8-4-2-5-9-20/h2-15,17,19H,16,18H2,1H3,(H,27,31)(H,29,32)(H,30,33)/b28-17-/t19-/m0/s1. The van der Waals surface area contributed by atoms with Crippen LogP contribution in [0.5, 0.6) is 5.75 Å². The molecule has 174 valence electrons. The molecule has 0 fully saturated rings. The molecule has 8 nitrogen and oxygen atoms in total. The first-order valence-corrected chi connectivity index (χ1v) is 10.7. The van der Waals surface area contributed by atoms with Crippen molar-refractivity contribution in [1.82, 2.24) is 16.1 Å². The van der Waals surface area contributed by atoms with Crippen LogP contribution in [0.4, 0.5) is 0 Å². The van der Waals surface area contributed by atoms with Gasteiger partial charge in [-0.2, -0.15) is 5.10 Å². The Kier molecular flexibility index (Phi) is 8.92. The van der Waals surface area contributed by atoms with Gasteiger partial charge < -0.3 is 15.4 Å². The van der Waals surface area contributed by atoms with Gasteiger partial charge in [-0.05, 0) is 47.9 Å². The molecule has 0 aliphatic carbocycles. The fourth-order valence-corrected chi connectivity index (χ4v) is 2.95. The van der Waals surface area contributed by atoms with E-state index in [0.29, 0.717) is 17.9 Å². The van der Waals surface area contributed by atoms with Crippen LogP contribution in [-0.2, 0) is 20.9 Å². The van der Waals surface area contributed by atoms with Crippen LogP contribution in [-0.4, -0.2) is 30.5 Å². The molecule has 0 unspecified atom stereocenters. The Morgan fingerprint density at radius 3 is 2.21 bits per heavy atom. The number of rotatable bonds is 9. The number of amides is 3. The molecule has 3 N–H and O–H groups in total. The second kappa shape index (κ2) is 12.5. The molecule has 0 heterocycles. The molecular formula is C26H26N4O4. The Hall–Kier alpha value is -4.46. The van der Waals surface area contributed by atoms with E-state index in [-0.39, 0.29) is 18.6 Å². The fourth-order valence-electron chi connectivity index (χ4n) is 2.95. The summed E-state index contributed by atoms with van der Waals surface area (Å²) >= 11 is 0. The lowest BCUT2D eigenvalue weighted by Crippen LogP contribution is -2.39. The minimum Gasteiger partial charge on any atom is -0.484 e. The van der Waals surface area contributed by atoms with E-state index < -0.39 is 11.8 Å². The Morgan fingerprint density at radius 1 is 0.882 bits per heavy atom. The smallest absolute Gasteiger partial charge is 0.329 e. The summed E-state index contributed by atoms with van der Waals surface area (Å²) in [5, 5.41) is 9.22. The maximum absolute atomic E-state index is 12.0. The van der Waals surface area contributed by atoms with Gasteiger partial charge in [0.15, 0.2) is 6.61 Å². The number of ether oxygens (including phenoxy) is 1.